The van der Waals surface area contributed by atoms with E-state index in [4.69, 9.17) is 18.8 Å². The van der Waals surface area contributed by atoms with E-state index in [1.807, 2.05) is 0 Å². The Morgan fingerprint density at radius 2 is 1.44 bits per heavy atom. The molecule has 0 aromatic heterocycles. The lowest BCUT2D eigenvalue weighted by molar-refractivity contribution is -0.354. The molecule has 0 radical (unpaired) electrons. The zero-order chi connectivity index (χ0) is 20.5. The van der Waals surface area contributed by atoms with Gasteiger partial charge >= 0.3 is 10.4 Å². The molecule has 2 heterocycles. The lowest BCUT2D eigenvalue weighted by Gasteiger charge is -2.45. The van der Waals surface area contributed by atoms with Crippen LogP contribution in [0.15, 0.2) is 0 Å². The highest BCUT2D eigenvalue weighted by Gasteiger charge is 2.50. The Morgan fingerprint density at radius 3 is 2.00 bits per heavy atom. The van der Waals surface area contributed by atoms with Gasteiger partial charge in [0.05, 0.1) is 13.2 Å². The molecule has 10 atom stereocenters. The second-order valence-corrected chi connectivity index (χ2v) is 7.15. The largest absolute Gasteiger partial charge is 0.397 e. The van der Waals surface area contributed by atoms with Crippen molar-refractivity contribution < 1.29 is 67.1 Å². The second-order valence-electron chi connectivity index (χ2n) is 6.06. The molecule has 15 heteroatoms. The smallest absolute Gasteiger partial charge is 0.394 e. The number of aliphatic hydroxyl groups excluding tert-OH is 7. The molecule has 160 valence electrons. The van der Waals surface area contributed by atoms with Crippen LogP contribution in [0, 0.1) is 0 Å². The summed E-state index contributed by atoms with van der Waals surface area (Å²) in [6.07, 6.45) is -17.3. The van der Waals surface area contributed by atoms with Gasteiger partial charge in [0, 0.05) is 0 Å². The maximum atomic E-state index is 10.6. The van der Waals surface area contributed by atoms with Gasteiger partial charge in [-0.2, -0.15) is 8.42 Å². The summed E-state index contributed by atoms with van der Waals surface area (Å²) in [6.45, 7) is -1.72. The standard InChI is InChI=1S/C12H22O14S/c13-1-3-10(7(16)8(17)11(19)24-3)26-12-9(18)6(15)5(14)4(25-12)2-23-27(20,21)22/h3-19H,1-2H2,(H,20,21,22). The summed E-state index contributed by atoms with van der Waals surface area (Å²) in [5, 5.41) is 68.1. The molecule has 0 saturated carbocycles. The van der Waals surface area contributed by atoms with Gasteiger partial charge < -0.3 is 50.0 Å². The van der Waals surface area contributed by atoms with E-state index in [0.717, 1.165) is 0 Å². The average Bonchev–Trinajstić information content (AvgIpc) is 2.60. The first-order chi connectivity index (χ1) is 12.5. The molecule has 0 aromatic carbocycles. The zero-order valence-electron chi connectivity index (χ0n) is 13.6. The van der Waals surface area contributed by atoms with Crippen molar-refractivity contribution in [3.63, 3.8) is 0 Å². The lowest BCUT2D eigenvalue weighted by Crippen LogP contribution is -2.64. The van der Waals surface area contributed by atoms with Crippen LogP contribution >= 0.6 is 0 Å². The fourth-order valence-electron chi connectivity index (χ4n) is 2.71. The van der Waals surface area contributed by atoms with Crippen LogP contribution in [0.4, 0.5) is 0 Å². The van der Waals surface area contributed by atoms with Crippen molar-refractivity contribution in [2.75, 3.05) is 13.2 Å². The molecular formula is C12H22O14S. The minimum Gasteiger partial charge on any atom is -0.394 e. The molecule has 27 heavy (non-hydrogen) atoms. The molecule has 2 saturated heterocycles. The normalized spacial score (nSPS) is 46.4. The van der Waals surface area contributed by atoms with Crippen LogP contribution in [0.1, 0.15) is 0 Å². The van der Waals surface area contributed by atoms with Gasteiger partial charge in [0.1, 0.15) is 48.8 Å². The second kappa shape index (κ2) is 8.87. The first-order valence-corrected chi connectivity index (χ1v) is 9.10. The molecule has 0 spiro atoms. The maximum Gasteiger partial charge on any atom is 0.397 e. The van der Waals surface area contributed by atoms with Crippen molar-refractivity contribution >= 4 is 10.4 Å². The molecular weight excluding hydrogens is 400 g/mol. The van der Waals surface area contributed by atoms with Crippen molar-refractivity contribution in [1.82, 2.24) is 0 Å². The van der Waals surface area contributed by atoms with Crippen LogP contribution in [0.5, 0.6) is 0 Å². The van der Waals surface area contributed by atoms with Crippen LogP contribution < -0.4 is 0 Å². The van der Waals surface area contributed by atoms with Crippen LogP contribution in [0.3, 0.4) is 0 Å². The zero-order valence-corrected chi connectivity index (χ0v) is 14.4. The molecule has 2 aliphatic rings. The predicted octanol–water partition coefficient (Wildman–Crippen LogP) is -5.57. The van der Waals surface area contributed by atoms with E-state index < -0.39 is 85.0 Å². The van der Waals surface area contributed by atoms with Gasteiger partial charge in [-0.15, -0.1) is 0 Å². The molecule has 2 aliphatic heterocycles. The number of rotatable bonds is 6. The Labute approximate surface area is 153 Å². The Bertz CT molecular complexity index is 583. The summed E-state index contributed by atoms with van der Waals surface area (Å²) >= 11 is 0. The minimum atomic E-state index is -4.89. The van der Waals surface area contributed by atoms with E-state index >= 15 is 0 Å². The van der Waals surface area contributed by atoms with Crippen molar-refractivity contribution in [2.45, 2.75) is 61.4 Å². The Morgan fingerprint density at radius 1 is 0.815 bits per heavy atom. The summed E-state index contributed by atoms with van der Waals surface area (Å²) in [5.41, 5.74) is 0. The molecule has 0 aromatic rings. The highest BCUT2D eigenvalue weighted by Crippen LogP contribution is 2.28. The van der Waals surface area contributed by atoms with Gasteiger partial charge in [-0.3, -0.25) is 4.55 Å². The molecule has 2 fully saturated rings. The third-order valence-electron chi connectivity index (χ3n) is 4.18. The van der Waals surface area contributed by atoms with E-state index in [9.17, 15) is 44.2 Å². The van der Waals surface area contributed by atoms with E-state index in [-0.39, 0.29) is 0 Å². The number of hydrogen-bond acceptors (Lipinski definition) is 13. The van der Waals surface area contributed by atoms with E-state index in [1.165, 1.54) is 0 Å². The summed E-state index contributed by atoms with van der Waals surface area (Å²) < 4.78 is 49.1. The van der Waals surface area contributed by atoms with Crippen LogP contribution in [0.2, 0.25) is 0 Å². The summed E-state index contributed by atoms with van der Waals surface area (Å²) in [4.78, 5) is 0. The number of hydrogen-bond donors (Lipinski definition) is 8. The van der Waals surface area contributed by atoms with Crippen LogP contribution in [-0.4, -0.2) is 123 Å². The van der Waals surface area contributed by atoms with Gasteiger partial charge in [-0.25, -0.2) is 4.18 Å². The van der Waals surface area contributed by atoms with Gasteiger partial charge in [0.2, 0.25) is 0 Å². The van der Waals surface area contributed by atoms with Gasteiger partial charge in [-0.05, 0) is 0 Å². The van der Waals surface area contributed by atoms with Gasteiger partial charge in [-0.1, -0.05) is 0 Å². The van der Waals surface area contributed by atoms with E-state index in [2.05, 4.69) is 4.18 Å². The molecule has 0 amide bonds. The maximum absolute atomic E-state index is 10.6. The lowest BCUT2D eigenvalue weighted by atomic mass is 9.97. The van der Waals surface area contributed by atoms with Crippen LogP contribution in [-0.2, 0) is 28.8 Å². The fraction of sp³-hybridized carbons (Fsp3) is 1.00. The summed E-state index contributed by atoms with van der Waals surface area (Å²) in [7, 11) is -4.89. The third-order valence-corrected chi connectivity index (χ3v) is 4.61. The average molecular weight is 422 g/mol. The van der Waals surface area contributed by atoms with E-state index in [0.29, 0.717) is 0 Å². The fourth-order valence-corrected chi connectivity index (χ4v) is 3.02. The summed E-state index contributed by atoms with van der Waals surface area (Å²) in [6, 6.07) is 0. The minimum absolute atomic E-state index is 0.769. The molecule has 14 nitrogen and oxygen atoms in total. The number of aliphatic hydroxyl groups is 7. The molecule has 0 bridgehead atoms. The van der Waals surface area contributed by atoms with Crippen molar-refractivity contribution in [1.29, 1.82) is 0 Å². The molecule has 2 rings (SSSR count). The molecule has 10 unspecified atom stereocenters. The Hall–Kier alpha value is -0.530. The first kappa shape index (κ1) is 22.8. The quantitative estimate of drug-likeness (QED) is 0.186. The van der Waals surface area contributed by atoms with Crippen molar-refractivity contribution in [3.05, 3.63) is 0 Å². The Kier molecular flexibility index (Phi) is 7.47. The summed E-state index contributed by atoms with van der Waals surface area (Å²) in [5.74, 6) is 0. The van der Waals surface area contributed by atoms with Crippen LogP contribution in [0.25, 0.3) is 0 Å². The topological polar surface area (TPSA) is 233 Å². The highest BCUT2D eigenvalue weighted by atomic mass is 32.3. The Balaban J connectivity index is 2.12. The third kappa shape index (κ3) is 5.30. The van der Waals surface area contributed by atoms with Gasteiger partial charge in [0.15, 0.2) is 12.6 Å². The first-order valence-electron chi connectivity index (χ1n) is 7.73. The van der Waals surface area contributed by atoms with Crippen molar-refractivity contribution in [3.8, 4) is 0 Å². The number of ether oxygens (including phenoxy) is 3. The molecule has 0 aliphatic carbocycles. The SMILES string of the molecule is O=S(=O)(O)OCC1OC(OC2C(CO)OC(O)C(O)C2O)C(O)C(O)C1O. The van der Waals surface area contributed by atoms with Gasteiger partial charge in [0.25, 0.3) is 0 Å². The monoisotopic (exact) mass is 422 g/mol. The predicted molar refractivity (Wildman–Crippen MR) is 79.0 cm³/mol. The highest BCUT2D eigenvalue weighted by molar-refractivity contribution is 7.80. The van der Waals surface area contributed by atoms with Crippen molar-refractivity contribution in [2.24, 2.45) is 0 Å². The van der Waals surface area contributed by atoms with E-state index in [1.54, 1.807) is 0 Å². The molecule has 8 N–H and O–H groups in total.